The van der Waals surface area contributed by atoms with Crippen LogP contribution in [0.3, 0.4) is 0 Å². The topological polar surface area (TPSA) is 29.3 Å². The van der Waals surface area contributed by atoms with E-state index >= 15 is 0 Å². The van der Waals surface area contributed by atoms with Gasteiger partial charge in [-0.3, -0.25) is 0 Å². The number of nitrogens with two attached hydrogens (primary N) is 1. The van der Waals surface area contributed by atoms with E-state index in [0.717, 1.165) is 17.4 Å². The van der Waals surface area contributed by atoms with Gasteiger partial charge in [0.15, 0.2) is 0 Å². The van der Waals surface area contributed by atoms with E-state index in [4.69, 9.17) is 5.73 Å². The van der Waals surface area contributed by atoms with E-state index in [1.54, 1.807) is 11.3 Å². The highest BCUT2D eigenvalue weighted by molar-refractivity contribution is 9.10. The first-order valence-corrected chi connectivity index (χ1v) is 9.07. The summed E-state index contributed by atoms with van der Waals surface area (Å²) in [5.74, 6) is 0.657. The Labute approximate surface area is 139 Å². The van der Waals surface area contributed by atoms with Crippen LogP contribution in [0.15, 0.2) is 40.2 Å². The Balaban J connectivity index is 2.04. The predicted octanol–water partition coefficient (Wildman–Crippen LogP) is 4.60. The summed E-state index contributed by atoms with van der Waals surface area (Å²) in [5, 5.41) is 2.14. The van der Waals surface area contributed by atoms with Crippen LogP contribution >= 0.6 is 27.3 Å². The van der Waals surface area contributed by atoms with E-state index in [2.05, 4.69) is 70.4 Å². The van der Waals surface area contributed by atoms with Crippen molar-refractivity contribution in [1.29, 1.82) is 0 Å². The summed E-state index contributed by atoms with van der Waals surface area (Å²) < 4.78 is 1.14. The average Bonchev–Trinajstić information content (AvgIpc) is 2.84. The predicted molar refractivity (Wildman–Crippen MR) is 95.1 cm³/mol. The summed E-state index contributed by atoms with van der Waals surface area (Å²) in [4.78, 5) is 3.84. The maximum atomic E-state index is 6.36. The van der Waals surface area contributed by atoms with Gasteiger partial charge in [0.05, 0.1) is 6.04 Å². The first-order valence-electron chi connectivity index (χ1n) is 7.40. The second-order valence-electron chi connectivity index (χ2n) is 6.06. The van der Waals surface area contributed by atoms with E-state index < -0.39 is 0 Å². The Morgan fingerprint density at radius 2 is 2.14 bits per heavy atom. The maximum absolute atomic E-state index is 6.36. The summed E-state index contributed by atoms with van der Waals surface area (Å²) in [5.41, 5.74) is 9.15. The van der Waals surface area contributed by atoms with E-state index in [-0.39, 0.29) is 12.1 Å². The standard InChI is InChI=1S/C17H21BrN2S/c1-11-7-13-5-3-4-6-15(13)20(9-11)17(12(2)19)16-8-14(18)10-21-16/h3-6,8,10-12,17H,7,9,19H2,1-2H3. The number of halogens is 1. The average molecular weight is 365 g/mol. The van der Waals surface area contributed by atoms with E-state index in [9.17, 15) is 0 Å². The first-order chi connectivity index (χ1) is 10.1. The monoisotopic (exact) mass is 364 g/mol. The minimum absolute atomic E-state index is 0.0916. The molecule has 2 nitrogen and oxygen atoms in total. The molecule has 1 aromatic heterocycles. The summed E-state index contributed by atoms with van der Waals surface area (Å²) in [6.07, 6.45) is 1.16. The van der Waals surface area contributed by atoms with Crippen LogP contribution < -0.4 is 10.6 Å². The fraction of sp³-hybridized carbons (Fsp3) is 0.412. The molecule has 0 spiro atoms. The fourth-order valence-corrected chi connectivity index (χ4v) is 4.95. The molecule has 0 bridgehead atoms. The molecular formula is C17H21BrN2S. The lowest BCUT2D eigenvalue weighted by Gasteiger charge is -2.41. The third-order valence-electron chi connectivity index (χ3n) is 4.09. The largest absolute Gasteiger partial charge is 0.362 e. The minimum atomic E-state index is 0.0916. The molecule has 3 rings (SSSR count). The van der Waals surface area contributed by atoms with Gasteiger partial charge in [-0.25, -0.2) is 0 Å². The Hall–Kier alpha value is -0.840. The number of hydrogen-bond donors (Lipinski definition) is 1. The van der Waals surface area contributed by atoms with Gasteiger partial charge in [-0.2, -0.15) is 0 Å². The minimum Gasteiger partial charge on any atom is -0.362 e. The summed E-state index contributed by atoms with van der Waals surface area (Å²) in [6, 6.07) is 11.3. The quantitative estimate of drug-likeness (QED) is 0.862. The molecule has 2 aromatic rings. The van der Waals surface area contributed by atoms with Crippen LogP contribution in [-0.2, 0) is 6.42 Å². The Morgan fingerprint density at radius 1 is 1.38 bits per heavy atom. The van der Waals surface area contributed by atoms with Gasteiger partial charge in [-0.1, -0.05) is 25.1 Å². The molecule has 4 heteroatoms. The number of nitrogens with zero attached hydrogens (tertiary/aromatic N) is 1. The zero-order valence-corrected chi connectivity index (χ0v) is 14.8. The lowest BCUT2D eigenvalue weighted by Crippen LogP contribution is -2.44. The van der Waals surface area contributed by atoms with Gasteiger partial charge in [-0.05, 0) is 52.9 Å². The summed E-state index contributed by atoms with van der Waals surface area (Å²) in [6.45, 7) is 5.50. The molecule has 0 fully saturated rings. The molecule has 21 heavy (non-hydrogen) atoms. The molecular weight excluding hydrogens is 344 g/mol. The zero-order chi connectivity index (χ0) is 15.0. The Morgan fingerprint density at radius 3 is 2.81 bits per heavy atom. The van der Waals surface area contributed by atoms with Crippen LogP contribution in [0.2, 0.25) is 0 Å². The summed E-state index contributed by atoms with van der Waals surface area (Å²) in [7, 11) is 0. The molecule has 3 atom stereocenters. The number of thiophene rings is 1. The van der Waals surface area contributed by atoms with Gasteiger partial charge in [0.2, 0.25) is 0 Å². The van der Waals surface area contributed by atoms with Crippen LogP contribution in [-0.4, -0.2) is 12.6 Å². The second kappa shape index (κ2) is 6.11. The fourth-order valence-electron chi connectivity index (χ4n) is 3.28. The van der Waals surface area contributed by atoms with Crippen molar-refractivity contribution in [2.45, 2.75) is 32.4 Å². The molecule has 0 saturated heterocycles. The van der Waals surface area contributed by atoms with Crippen LogP contribution in [0.1, 0.15) is 30.3 Å². The Bertz CT molecular complexity index is 623. The van der Waals surface area contributed by atoms with Gasteiger partial charge in [-0.15, -0.1) is 11.3 Å². The Kier molecular flexibility index (Phi) is 4.38. The third-order valence-corrected chi connectivity index (χ3v) is 5.86. The highest BCUT2D eigenvalue weighted by atomic mass is 79.9. The van der Waals surface area contributed by atoms with Gasteiger partial charge in [0.25, 0.3) is 0 Å². The molecule has 1 aromatic carbocycles. The third kappa shape index (κ3) is 3.03. The molecule has 3 unspecified atom stereocenters. The SMILES string of the molecule is CC1Cc2ccccc2N(C(c2cc(Br)cs2)C(C)N)C1. The van der Waals surface area contributed by atoms with Crippen LogP contribution in [0, 0.1) is 5.92 Å². The van der Waals surface area contributed by atoms with E-state index in [1.165, 1.54) is 16.1 Å². The van der Waals surface area contributed by atoms with E-state index in [1.807, 2.05) is 0 Å². The van der Waals surface area contributed by atoms with Crippen LogP contribution in [0.4, 0.5) is 5.69 Å². The van der Waals surface area contributed by atoms with Crippen molar-refractivity contribution in [2.75, 3.05) is 11.4 Å². The highest BCUT2D eigenvalue weighted by Gasteiger charge is 2.31. The number of para-hydroxylation sites is 1. The van der Waals surface area contributed by atoms with Gasteiger partial charge in [0, 0.05) is 33.0 Å². The van der Waals surface area contributed by atoms with Crippen molar-refractivity contribution in [1.82, 2.24) is 0 Å². The van der Waals surface area contributed by atoms with Crippen LogP contribution in [0.25, 0.3) is 0 Å². The maximum Gasteiger partial charge on any atom is 0.0783 e. The zero-order valence-electron chi connectivity index (χ0n) is 12.4. The van der Waals surface area contributed by atoms with Crippen LogP contribution in [0.5, 0.6) is 0 Å². The molecule has 1 aliphatic rings. The number of hydrogen-bond acceptors (Lipinski definition) is 3. The second-order valence-corrected chi connectivity index (χ2v) is 7.92. The van der Waals surface area contributed by atoms with E-state index in [0.29, 0.717) is 5.92 Å². The van der Waals surface area contributed by atoms with Crippen molar-refractivity contribution in [3.63, 3.8) is 0 Å². The van der Waals surface area contributed by atoms with Gasteiger partial charge in [0.1, 0.15) is 0 Å². The van der Waals surface area contributed by atoms with Crippen molar-refractivity contribution >= 4 is 33.0 Å². The highest BCUT2D eigenvalue weighted by Crippen LogP contribution is 2.39. The molecule has 0 aliphatic carbocycles. The van der Waals surface area contributed by atoms with Gasteiger partial charge < -0.3 is 10.6 Å². The van der Waals surface area contributed by atoms with Gasteiger partial charge >= 0.3 is 0 Å². The molecule has 0 radical (unpaired) electrons. The molecule has 0 amide bonds. The number of anilines is 1. The van der Waals surface area contributed by atoms with Crippen molar-refractivity contribution in [2.24, 2.45) is 11.7 Å². The number of benzene rings is 1. The van der Waals surface area contributed by atoms with Crippen molar-refractivity contribution in [3.05, 3.63) is 50.6 Å². The molecule has 112 valence electrons. The number of rotatable bonds is 3. The first kappa shape index (κ1) is 15.1. The normalized spacial score (nSPS) is 21.0. The summed E-state index contributed by atoms with van der Waals surface area (Å²) >= 11 is 5.36. The lowest BCUT2D eigenvalue weighted by molar-refractivity contribution is 0.457. The molecule has 1 aliphatic heterocycles. The van der Waals surface area contributed by atoms with Crippen molar-refractivity contribution in [3.8, 4) is 0 Å². The van der Waals surface area contributed by atoms with Crippen molar-refractivity contribution < 1.29 is 0 Å². The molecule has 0 saturated carbocycles. The molecule has 2 heterocycles. The number of fused-ring (bicyclic) bond motifs is 1. The smallest absolute Gasteiger partial charge is 0.0783 e. The molecule has 2 N–H and O–H groups in total. The lowest BCUT2D eigenvalue weighted by atomic mass is 9.91.